The molecule has 1 N–H and O–H groups in total. The van der Waals surface area contributed by atoms with Crippen LogP contribution in [0.2, 0.25) is 0 Å². The van der Waals surface area contributed by atoms with E-state index in [-0.39, 0.29) is 4.90 Å². The van der Waals surface area contributed by atoms with Gasteiger partial charge in [0.25, 0.3) is 0 Å². The number of nitrogens with zero attached hydrogens (tertiary/aromatic N) is 1. The van der Waals surface area contributed by atoms with E-state index in [1.807, 2.05) is 0 Å². The van der Waals surface area contributed by atoms with Crippen LogP contribution in [0.4, 0.5) is 0 Å². The molecule has 3 rings (SSSR count). The first-order valence-electron chi connectivity index (χ1n) is 5.41. The van der Waals surface area contributed by atoms with Crippen molar-refractivity contribution >= 4 is 20.7 Å². The minimum Gasteiger partial charge on any atom is -0.359 e. The first kappa shape index (κ1) is 11.0. The van der Waals surface area contributed by atoms with Crippen LogP contribution in [0, 0.1) is 0 Å². The lowest BCUT2D eigenvalue weighted by Gasteiger charge is -2.02. The lowest BCUT2D eigenvalue weighted by Crippen LogP contribution is -2.00. The molecule has 0 atom stereocenters. The van der Waals surface area contributed by atoms with Crippen molar-refractivity contribution in [3.63, 3.8) is 0 Å². The van der Waals surface area contributed by atoms with Gasteiger partial charge in [-0.15, -0.1) is 0 Å². The summed E-state index contributed by atoms with van der Waals surface area (Å²) >= 11 is 0. The number of H-pyrrole nitrogens is 1. The van der Waals surface area contributed by atoms with Gasteiger partial charge in [0.1, 0.15) is 0 Å². The number of nitrogens with one attached hydrogen (secondary N) is 1. The second kappa shape index (κ2) is 3.96. The molecule has 4 nitrogen and oxygen atoms in total. The Kier molecular flexibility index (Phi) is 2.41. The maximum Gasteiger partial charge on any atom is 0.208 e. The van der Waals surface area contributed by atoms with Gasteiger partial charge in [-0.1, -0.05) is 18.2 Å². The average molecular weight is 258 g/mol. The predicted molar refractivity (Wildman–Crippen MR) is 68.0 cm³/mol. The maximum atomic E-state index is 12.5. The number of sulfone groups is 1. The van der Waals surface area contributed by atoms with E-state index in [1.54, 1.807) is 48.8 Å². The first-order valence-corrected chi connectivity index (χ1v) is 6.89. The molecule has 90 valence electrons. The normalized spacial score (nSPS) is 11.8. The highest BCUT2D eigenvalue weighted by atomic mass is 32.2. The van der Waals surface area contributed by atoms with Crippen molar-refractivity contribution in [2.45, 2.75) is 9.79 Å². The molecule has 0 spiro atoms. The number of aromatic nitrogens is 2. The van der Waals surface area contributed by atoms with Crippen LogP contribution in [0.25, 0.3) is 10.9 Å². The second-order valence-electron chi connectivity index (χ2n) is 3.89. The van der Waals surface area contributed by atoms with Gasteiger partial charge in [0.2, 0.25) is 9.84 Å². The molecular formula is C13H10N2O2S. The summed E-state index contributed by atoms with van der Waals surface area (Å²) in [5, 5.41) is 0.661. The Morgan fingerprint density at radius 1 is 1.06 bits per heavy atom. The van der Waals surface area contributed by atoms with Crippen LogP contribution in [0.1, 0.15) is 0 Å². The highest BCUT2D eigenvalue weighted by molar-refractivity contribution is 7.91. The van der Waals surface area contributed by atoms with Crippen LogP contribution < -0.4 is 0 Å². The van der Waals surface area contributed by atoms with E-state index in [9.17, 15) is 8.42 Å². The second-order valence-corrected chi connectivity index (χ2v) is 5.81. The quantitative estimate of drug-likeness (QED) is 0.767. The lowest BCUT2D eigenvalue weighted by molar-refractivity contribution is 0.597. The summed E-state index contributed by atoms with van der Waals surface area (Å²) in [4.78, 5) is 7.45. The van der Waals surface area contributed by atoms with Crippen molar-refractivity contribution < 1.29 is 8.42 Å². The van der Waals surface area contributed by atoms with Crippen LogP contribution in [-0.2, 0) is 9.84 Å². The molecule has 3 aromatic rings. The monoisotopic (exact) mass is 258 g/mol. The molecule has 0 bridgehead atoms. The molecule has 0 unspecified atom stereocenters. The van der Waals surface area contributed by atoms with E-state index in [1.165, 1.54) is 6.20 Å². The average Bonchev–Trinajstić information content (AvgIpc) is 2.84. The first-order chi connectivity index (χ1) is 8.69. The Balaban J connectivity index is 2.27. The zero-order valence-corrected chi connectivity index (χ0v) is 10.2. The Labute approximate surface area is 104 Å². The van der Waals surface area contributed by atoms with Gasteiger partial charge in [-0.3, -0.25) is 4.98 Å². The molecule has 2 heterocycles. The molecular weight excluding hydrogens is 248 g/mol. The number of fused-ring (bicyclic) bond motifs is 1. The molecule has 0 radical (unpaired) electrons. The minimum atomic E-state index is -3.48. The van der Waals surface area contributed by atoms with Crippen molar-refractivity contribution in [3.8, 4) is 0 Å². The highest BCUT2D eigenvalue weighted by Gasteiger charge is 2.20. The minimum absolute atomic E-state index is 0.283. The number of benzene rings is 1. The van der Waals surface area contributed by atoms with Gasteiger partial charge in [-0.05, 0) is 18.2 Å². The number of aromatic amines is 1. The maximum absolute atomic E-state index is 12.5. The molecule has 0 saturated heterocycles. The fourth-order valence-corrected chi connectivity index (χ4v) is 3.35. The molecule has 0 saturated carbocycles. The molecule has 0 aliphatic carbocycles. The van der Waals surface area contributed by atoms with Crippen molar-refractivity contribution in [2.75, 3.05) is 0 Å². The fourth-order valence-electron chi connectivity index (χ4n) is 1.89. The van der Waals surface area contributed by atoms with Gasteiger partial charge >= 0.3 is 0 Å². The molecule has 2 aromatic heterocycles. The van der Waals surface area contributed by atoms with Gasteiger partial charge in [0.05, 0.1) is 21.5 Å². The zero-order chi connectivity index (χ0) is 12.6. The summed E-state index contributed by atoms with van der Waals surface area (Å²) in [6, 6.07) is 10.1. The van der Waals surface area contributed by atoms with E-state index in [2.05, 4.69) is 9.97 Å². The summed E-state index contributed by atoms with van der Waals surface area (Å²) in [5.41, 5.74) is 0.715. The smallest absolute Gasteiger partial charge is 0.208 e. The van der Waals surface area contributed by atoms with Gasteiger partial charge in [-0.2, -0.15) is 0 Å². The molecule has 0 aliphatic heterocycles. The van der Waals surface area contributed by atoms with Crippen LogP contribution >= 0.6 is 0 Å². The summed E-state index contributed by atoms with van der Waals surface area (Å²) in [5.74, 6) is 0. The molecule has 18 heavy (non-hydrogen) atoms. The predicted octanol–water partition coefficient (Wildman–Crippen LogP) is 2.40. The fraction of sp³-hybridized carbons (Fsp3) is 0. The van der Waals surface area contributed by atoms with Gasteiger partial charge in [-0.25, -0.2) is 8.42 Å². The molecule has 0 fully saturated rings. The number of rotatable bonds is 2. The molecule has 5 heteroatoms. The van der Waals surface area contributed by atoms with Crippen molar-refractivity contribution in [3.05, 3.63) is 55.0 Å². The topological polar surface area (TPSA) is 62.8 Å². The summed E-state index contributed by atoms with van der Waals surface area (Å²) < 4.78 is 24.9. The Morgan fingerprint density at radius 2 is 1.83 bits per heavy atom. The van der Waals surface area contributed by atoms with Crippen molar-refractivity contribution in [2.24, 2.45) is 0 Å². The SMILES string of the molecule is O=S(=O)(c1ccccc1)c1c[nH]c2cnccc12. The highest BCUT2D eigenvalue weighted by Crippen LogP contribution is 2.27. The number of pyridine rings is 1. The van der Waals surface area contributed by atoms with E-state index >= 15 is 0 Å². The third-order valence-corrected chi connectivity index (χ3v) is 4.60. The number of hydrogen-bond donors (Lipinski definition) is 1. The Morgan fingerprint density at radius 3 is 2.61 bits per heavy atom. The third kappa shape index (κ3) is 1.60. The van der Waals surface area contributed by atoms with Crippen LogP contribution in [0.3, 0.4) is 0 Å². The van der Waals surface area contributed by atoms with Crippen LogP contribution in [-0.4, -0.2) is 18.4 Å². The van der Waals surface area contributed by atoms with Crippen molar-refractivity contribution in [1.82, 2.24) is 9.97 Å². The van der Waals surface area contributed by atoms with E-state index < -0.39 is 9.84 Å². The number of hydrogen-bond acceptors (Lipinski definition) is 3. The molecule has 1 aromatic carbocycles. The zero-order valence-electron chi connectivity index (χ0n) is 9.37. The van der Waals surface area contributed by atoms with Gasteiger partial charge in [0, 0.05) is 17.8 Å². The standard InChI is InChI=1S/C13H10N2O2S/c16-18(17,10-4-2-1-3-5-10)13-9-15-12-8-14-7-6-11(12)13/h1-9,15H. The van der Waals surface area contributed by atoms with E-state index in [0.717, 1.165) is 0 Å². The van der Waals surface area contributed by atoms with Gasteiger partial charge < -0.3 is 4.98 Å². The van der Waals surface area contributed by atoms with E-state index in [0.29, 0.717) is 15.8 Å². The summed E-state index contributed by atoms with van der Waals surface area (Å²) in [7, 11) is -3.48. The third-order valence-electron chi connectivity index (χ3n) is 2.79. The molecule has 0 aliphatic rings. The van der Waals surface area contributed by atoms with E-state index in [4.69, 9.17) is 0 Å². The van der Waals surface area contributed by atoms with Crippen LogP contribution in [0.5, 0.6) is 0 Å². The largest absolute Gasteiger partial charge is 0.359 e. The Bertz CT molecular complexity index is 792. The van der Waals surface area contributed by atoms with Gasteiger partial charge in [0.15, 0.2) is 0 Å². The van der Waals surface area contributed by atoms with Crippen LogP contribution in [0.15, 0.2) is 64.8 Å². The summed E-state index contributed by atoms with van der Waals surface area (Å²) in [6.07, 6.45) is 4.70. The summed E-state index contributed by atoms with van der Waals surface area (Å²) in [6.45, 7) is 0. The molecule has 0 amide bonds. The Hall–Kier alpha value is -2.14. The van der Waals surface area contributed by atoms with Crippen molar-refractivity contribution in [1.29, 1.82) is 0 Å². The lowest BCUT2D eigenvalue weighted by atomic mass is 10.3.